The molecule has 0 spiro atoms. The summed E-state index contributed by atoms with van der Waals surface area (Å²) < 4.78 is 0. The number of carbonyl (C=O) groups excluding carboxylic acids is 1. The average Bonchev–Trinajstić information content (AvgIpc) is 2.41. The lowest BCUT2D eigenvalue weighted by molar-refractivity contribution is -0.122. The van der Waals surface area contributed by atoms with Crippen LogP contribution in [0.1, 0.15) is 65.2 Å². The molecular weight excluding hydrogens is 242 g/mol. The van der Waals surface area contributed by atoms with E-state index < -0.39 is 5.54 Å². The number of amides is 1. The third-order valence-electron chi connectivity index (χ3n) is 4.11. The predicted molar refractivity (Wildman–Crippen MR) is 76.1 cm³/mol. The highest BCUT2D eigenvalue weighted by atomic mass is 16.4. The maximum Gasteiger partial charge on any atom is 0.220 e. The van der Waals surface area contributed by atoms with Crippen molar-refractivity contribution in [3.8, 4) is 0 Å². The first-order valence-electron chi connectivity index (χ1n) is 7.33. The van der Waals surface area contributed by atoms with Crippen LogP contribution >= 0.6 is 0 Å². The van der Waals surface area contributed by atoms with Gasteiger partial charge in [0.25, 0.3) is 0 Å². The van der Waals surface area contributed by atoms with Crippen molar-refractivity contribution in [3.63, 3.8) is 0 Å². The van der Waals surface area contributed by atoms with E-state index in [1.165, 1.54) is 0 Å². The summed E-state index contributed by atoms with van der Waals surface area (Å²) in [7, 11) is 0. The van der Waals surface area contributed by atoms with Gasteiger partial charge in [-0.1, -0.05) is 31.8 Å². The number of nitrogens with zero attached hydrogens (tertiary/aromatic N) is 1. The van der Waals surface area contributed by atoms with Crippen LogP contribution in [0, 0.1) is 5.92 Å². The summed E-state index contributed by atoms with van der Waals surface area (Å²) >= 11 is 0. The van der Waals surface area contributed by atoms with Crippen LogP contribution in [0.25, 0.3) is 0 Å². The number of nitrogens with one attached hydrogen (secondary N) is 1. The monoisotopic (exact) mass is 269 g/mol. The van der Waals surface area contributed by atoms with Crippen molar-refractivity contribution in [2.75, 3.05) is 0 Å². The number of rotatable bonds is 6. The van der Waals surface area contributed by atoms with Gasteiger partial charge in [-0.05, 0) is 38.0 Å². The second-order valence-electron chi connectivity index (χ2n) is 5.76. The van der Waals surface area contributed by atoms with E-state index in [1.807, 2.05) is 0 Å². The quantitative estimate of drug-likeness (QED) is 0.227. The number of hydrogen-bond donors (Lipinski definition) is 3. The summed E-state index contributed by atoms with van der Waals surface area (Å²) in [6.45, 7) is 4.30. The van der Waals surface area contributed by atoms with Crippen molar-refractivity contribution in [1.29, 1.82) is 0 Å². The topological polar surface area (TPSA) is 87.7 Å². The molecule has 0 aromatic rings. The zero-order chi connectivity index (χ0) is 14.3. The van der Waals surface area contributed by atoms with Crippen molar-refractivity contribution < 1.29 is 10.0 Å². The van der Waals surface area contributed by atoms with Gasteiger partial charge >= 0.3 is 0 Å². The third-order valence-corrected chi connectivity index (χ3v) is 4.11. The van der Waals surface area contributed by atoms with Gasteiger partial charge in [0.15, 0.2) is 5.84 Å². The molecule has 1 rings (SSSR count). The van der Waals surface area contributed by atoms with E-state index in [9.17, 15) is 4.79 Å². The van der Waals surface area contributed by atoms with Crippen molar-refractivity contribution in [3.05, 3.63) is 0 Å². The van der Waals surface area contributed by atoms with Gasteiger partial charge in [-0.3, -0.25) is 4.79 Å². The van der Waals surface area contributed by atoms with E-state index in [1.54, 1.807) is 0 Å². The molecule has 110 valence electrons. The van der Waals surface area contributed by atoms with Gasteiger partial charge in [0, 0.05) is 6.42 Å². The Kier molecular flexibility index (Phi) is 6.12. The highest BCUT2D eigenvalue weighted by molar-refractivity contribution is 5.94. The first-order chi connectivity index (χ1) is 9.04. The smallest absolute Gasteiger partial charge is 0.220 e. The summed E-state index contributed by atoms with van der Waals surface area (Å²) in [4.78, 5) is 12.0. The van der Waals surface area contributed by atoms with Gasteiger partial charge < -0.3 is 16.3 Å². The highest BCUT2D eigenvalue weighted by Gasteiger charge is 2.39. The Bertz CT molecular complexity index is 321. The minimum absolute atomic E-state index is 0.00889. The molecule has 0 atom stereocenters. The SMILES string of the molecule is CCCCCC(=O)NC1(/C(N)=N/O)CCC(C)CC1. The lowest BCUT2D eigenvalue weighted by Gasteiger charge is -2.39. The molecule has 1 saturated carbocycles. The maximum atomic E-state index is 12.0. The van der Waals surface area contributed by atoms with Gasteiger partial charge in [0.05, 0.1) is 0 Å². The third kappa shape index (κ3) is 4.40. The van der Waals surface area contributed by atoms with Gasteiger partial charge in [-0.15, -0.1) is 0 Å². The Balaban J connectivity index is 2.63. The summed E-state index contributed by atoms with van der Waals surface area (Å²) in [5.41, 5.74) is 5.18. The Labute approximate surface area is 115 Å². The molecule has 1 amide bonds. The van der Waals surface area contributed by atoms with Gasteiger partial charge in [-0.25, -0.2) is 0 Å². The molecule has 0 aromatic heterocycles. The molecule has 1 aliphatic carbocycles. The van der Waals surface area contributed by atoms with Crippen LogP contribution in [0.5, 0.6) is 0 Å². The van der Waals surface area contributed by atoms with Gasteiger partial charge in [0.1, 0.15) is 5.54 Å². The van der Waals surface area contributed by atoms with E-state index in [0.717, 1.165) is 44.9 Å². The van der Waals surface area contributed by atoms with Gasteiger partial charge in [0.2, 0.25) is 5.91 Å². The van der Waals surface area contributed by atoms with Crippen molar-refractivity contribution >= 4 is 11.7 Å². The second kappa shape index (κ2) is 7.36. The lowest BCUT2D eigenvalue weighted by Crippen LogP contribution is -2.59. The molecule has 1 aliphatic rings. The molecule has 5 nitrogen and oxygen atoms in total. The summed E-state index contributed by atoms with van der Waals surface area (Å²) in [6, 6.07) is 0. The number of unbranched alkanes of at least 4 members (excludes halogenated alkanes) is 2. The normalized spacial score (nSPS) is 28.1. The molecule has 0 saturated heterocycles. The fourth-order valence-electron chi connectivity index (χ4n) is 2.66. The number of carbonyl (C=O) groups is 1. The zero-order valence-corrected chi connectivity index (χ0v) is 12.1. The van der Waals surface area contributed by atoms with Crippen LogP contribution in [-0.4, -0.2) is 22.5 Å². The number of nitrogens with two attached hydrogens (primary N) is 1. The average molecular weight is 269 g/mol. The number of hydrogen-bond acceptors (Lipinski definition) is 3. The standard InChI is InChI=1S/C14H27N3O2/c1-3-4-5-6-12(18)16-14(13(15)17-19)9-7-11(2)8-10-14/h11,19H,3-10H2,1-2H3,(H2,15,17)(H,16,18). The van der Waals surface area contributed by atoms with E-state index in [2.05, 4.69) is 24.3 Å². The van der Waals surface area contributed by atoms with Crippen LogP contribution in [0.15, 0.2) is 5.16 Å². The van der Waals surface area contributed by atoms with Gasteiger partial charge in [-0.2, -0.15) is 0 Å². The zero-order valence-electron chi connectivity index (χ0n) is 12.1. The lowest BCUT2D eigenvalue weighted by atomic mass is 9.76. The minimum atomic E-state index is -0.634. The van der Waals surface area contributed by atoms with Crippen LogP contribution in [-0.2, 0) is 4.79 Å². The minimum Gasteiger partial charge on any atom is -0.409 e. The van der Waals surface area contributed by atoms with Crippen LogP contribution in [0.3, 0.4) is 0 Å². The first-order valence-corrected chi connectivity index (χ1v) is 7.33. The molecule has 0 aromatic carbocycles. The Hall–Kier alpha value is -1.26. The van der Waals surface area contributed by atoms with E-state index >= 15 is 0 Å². The Morgan fingerprint density at radius 1 is 1.42 bits per heavy atom. The molecule has 19 heavy (non-hydrogen) atoms. The fourth-order valence-corrected chi connectivity index (χ4v) is 2.66. The summed E-state index contributed by atoms with van der Waals surface area (Å²) in [5, 5.41) is 15.1. The molecule has 4 N–H and O–H groups in total. The molecule has 0 aliphatic heterocycles. The molecule has 1 fully saturated rings. The summed E-state index contributed by atoms with van der Waals surface area (Å²) in [5.74, 6) is 0.787. The van der Waals surface area contributed by atoms with Crippen molar-refractivity contribution in [2.24, 2.45) is 16.8 Å². The maximum absolute atomic E-state index is 12.0. The Morgan fingerprint density at radius 3 is 2.58 bits per heavy atom. The van der Waals surface area contributed by atoms with Crippen molar-refractivity contribution in [1.82, 2.24) is 5.32 Å². The number of amidine groups is 1. The molecule has 0 radical (unpaired) electrons. The van der Waals surface area contributed by atoms with Crippen LogP contribution < -0.4 is 11.1 Å². The second-order valence-corrected chi connectivity index (χ2v) is 5.76. The highest BCUT2D eigenvalue weighted by Crippen LogP contribution is 2.32. The predicted octanol–water partition coefficient (Wildman–Crippen LogP) is 2.38. The molecular formula is C14H27N3O2. The molecule has 0 bridgehead atoms. The number of oxime groups is 1. The van der Waals surface area contributed by atoms with E-state index in [4.69, 9.17) is 10.9 Å². The largest absolute Gasteiger partial charge is 0.409 e. The fraction of sp³-hybridized carbons (Fsp3) is 0.857. The molecule has 0 unspecified atom stereocenters. The van der Waals surface area contributed by atoms with Crippen LogP contribution in [0.2, 0.25) is 0 Å². The van der Waals surface area contributed by atoms with Crippen molar-refractivity contribution in [2.45, 2.75) is 70.8 Å². The van der Waals surface area contributed by atoms with E-state index in [0.29, 0.717) is 12.3 Å². The van der Waals surface area contributed by atoms with Crippen LogP contribution in [0.4, 0.5) is 0 Å². The molecule has 0 heterocycles. The first kappa shape index (κ1) is 15.8. The van der Waals surface area contributed by atoms with E-state index in [-0.39, 0.29) is 11.7 Å². The Morgan fingerprint density at radius 2 is 2.05 bits per heavy atom. The molecule has 5 heteroatoms. The summed E-state index contributed by atoms with van der Waals surface area (Å²) in [6.07, 6.45) is 7.05.